The number of nitrogens with zero attached hydrogens (tertiary/aromatic N) is 2. The first-order chi connectivity index (χ1) is 18.8. The number of benzene rings is 1. The summed E-state index contributed by atoms with van der Waals surface area (Å²) in [6.07, 6.45) is 1.02. The first kappa shape index (κ1) is 32.5. The smallest absolute Gasteiger partial charge is 0.410 e. The summed E-state index contributed by atoms with van der Waals surface area (Å²) in [6.45, 7) is 16.5. The van der Waals surface area contributed by atoms with Crippen LogP contribution in [-0.2, 0) is 26.0 Å². The fourth-order valence-electron chi connectivity index (χ4n) is 5.20. The van der Waals surface area contributed by atoms with Crippen molar-refractivity contribution >= 4 is 28.0 Å². The van der Waals surface area contributed by atoms with Gasteiger partial charge < -0.3 is 30.3 Å². The Kier molecular flexibility index (Phi) is 9.53. The van der Waals surface area contributed by atoms with Crippen molar-refractivity contribution in [3.05, 3.63) is 22.3 Å². The zero-order valence-corrected chi connectivity index (χ0v) is 26.4. The van der Waals surface area contributed by atoms with E-state index in [2.05, 4.69) is 10.0 Å². The summed E-state index contributed by atoms with van der Waals surface area (Å²) in [7, 11) is -4.02. The van der Waals surface area contributed by atoms with E-state index in [0.29, 0.717) is 56.6 Å². The Morgan fingerprint density at radius 2 is 1.66 bits per heavy atom. The molecule has 0 spiro atoms. The third-order valence-electron chi connectivity index (χ3n) is 7.35. The molecular weight excluding hydrogens is 548 g/mol. The largest absolute Gasteiger partial charge is 0.487 e. The molecule has 2 heterocycles. The molecule has 0 saturated carbocycles. The van der Waals surface area contributed by atoms with Crippen LogP contribution in [-0.4, -0.2) is 86.1 Å². The standard InChI is InChI=1S/C28H46N6O6S/c1-17-18(2)23(19(3)20-16-28(7,8)39-22(17)20)41(37,38)32-25(30)31-11-9-10-21(29)24(35)33-12-14-34(15-13-33)26(36)40-27(4,5)6/h21H,9-16,29H2,1-8H3,(H3,30,31,32). The lowest BCUT2D eigenvalue weighted by atomic mass is 9.94. The summed E-state index contributed by atoms with van der Waals surface area (Å²) in [6, 6.07) is -0.734. The van der Waals surface area contributed by atoms with Gasteiger partial charge in [0.15, 0.2) is 0 Å². The van der Waals surface area contributed by atoms with Gasteiger partial charge in [-0.2, -0.15) is 0 Å². The molecule has 2 amide bonds. The third-order valence-corrected chi connectivity index (χ3v) is 8.97. The van der Waals surface area contributed by atoms with Gasteiger partial charge in [-0.25, -0.2) is 17.9 Å². The summed E-state index contributed by atoms with van der Waals surface area (Å²) in [5, 5.41) is 10.9. The molecule has 0 radical (unpaired) electrons. The molecule has 13 heteroatoms. The van der Waals surface area contributed by atoms with E-state index in [1.54, 1.807) is 23.6 Å². The van der Waals surface area contributed by atoms with Crippen molar-refractivity contribution in [3.63, 3.8) is 0 Å². The number of amides is 2. The molecule has 2 aliphatic heterocycles. The predicted octanol–water partition coefficient (Wildman–Crippen LogP) is 2.31. The number of fused-ring (bicyclic) bond motifs is 1. The quantitative estimate of drug-likeness (QED) is 0.212. The maximum absolute atomic E-state index is 13.3. The number of nitrogens with two attached hydrogens (primary N) is 1. The number of ether oxygens (including phenoxy) is 2. The van der Waals surface area contributed by atoms with Crippen LogP contribution in [0.3, 0.4) is 0 Å². The van der Waals surface area contributed by atoms with Crippen molar-refractivity contribution in [1.82, 2.24) is 19.8 Å². The van der Waals surface area contributed by atoms with Crippen LogP contribution in [0, 0.1) is 26.2 Å². The molecule has 1 aromatic carbocycles. The third kappa shape index (κ3) is 7.82. The van der Waals surface area contributed by atoms with Crippen LogP contribution in [0.5, 0.6) is 5.75 Å². The Balaban J connectivity index is 1.47. The molecule has 1 saturated heterocycles. The molecule has 230 valence electrons. The van der Waals surface area contributed by atoms with Crippen molar-refractivity contribution in [2.45, 2.75) is 96.8 Å². The van der Waals surface area contributed by atoms with Gasteiger partial charge in [0.2, 0.25) is 11.9 Å². The van der Waals surface area contributed by atoms with Crippen LogP contribution in [0.25, 0.3) is 0 Å². The second-order valence-electron chi connectivity index (χ2n) is 12.5. The fourth-order valence-corrected chi connectivity index (χ4v) is 6.72. The van der Waals surface area contributed by atoms with Crippen LogP contribution >= 0.6 is 0 Å². The number of carbonyl (C=O) groups is 2. The van der Waals surface area contributed by atoms with E-state index in [1.807, 2.05) is 41.5 Å². The van der Waals surface area contributed by atoms with Gasteiger partial charge in [-0.3, -0.25) is 10.2 Å². The molecule has 0 bridgehead atoms. The highest BCUT2D eigenvalue weighted by Crippen LogP contribution is 2.43. The Bertz CT molecular complexity index is 1300. The minimum absolute atomic E-state index is 0.168. The lowest BCUT2D eigenvalue weighted by molar-refractivity contribution is -0.134. The van der Waals surface area contributed by atoms with E-state index in [0.717, 1.165) is 16.9 Å². The number of rotatable bonds is 7. The van der Waals surface area contributed by atoms with Gasteiger partial charge in [0, 0.05) is 44.7 Å². The van der Waals surface area contributed by atoms with Gasteiger partial charge in [-0.05, 0) is 84.9 Å². The second-order valence-corrected chi connectivity index (χ2v) is 14.1. The molecule has 41 heavy (non-hydrogen) atoms. The van der Waals surface area contributed by atoms with Crippen molar-refractivity contribution < 1.29 is 27.5 Å². The lowest BCUT2D eigenvalue weighted by Crippen LogP contribution is -2.55. The Morgan fingerprint density at radius 1 is 1.07 bits per heavy atom. The molecule has 0 aliphatic carbocycles. The zero-order valence-electron chi connectivity index (χ0n) is 25.6. The highest BCUT2D eigenvalue weighted by atomic mass is 32.2. The molecular formula is C28H46N6O6S. The molecule has 1 aromatic rings. The van der Waals surface area contributed by atoms with Gasteiger partial charge in [0.25, 0.3) is 10.0 Å². The molecule has 1 unspecified atom stereocenters. The Hall–Kier alpha value is -3.06. The number of nitrogens with one attached hydrogen (secondary N) is 3. The summed E-state index contributed by atoms with van der Waals surface area (Å²) >= 11 is 0. The maximum atomic E-state index is 13.3. The van der Waals surface area contributed by atoms with Crippen molar-refractivity contribution in [1.29, 1.82) is 5.41 Å². The monoisotopic (exact) mass is 594 g/mol. The minimum atomic E-state index is -4.02. The normalized spacial score (nSPS) is 17.4. The first-order valence-corrected chi connectivity index (χ1v) is 15.5. The van der Waals surface area contributed by atoms with E-state index < -0.39 is 33.4 Å². The van der Waals surface area contributed by atoms with Gasteiger partial charge in [0.05, 0.1) is 10.9 Å². The Labute approximate surface area is 243 Å². The molecule has 2 aliphatic rings. The van der Waals surface area contributed by atoms with Gasteiger partial charge >= 0.3 is 6.09 Å². The van der Waals surface area contributed by atoms with Crippen LogP contribution in [0.1, 0.15) is 69.7 Å². The van der Waals surface area contributed by atoms with E-state index in [9.17, 15) is 18.0 Å². The van der Waals surface area contributed by atoms with E-state index >= 15 is 0 Å². The van der Waals surface area contributed by atoms with Crippen molar-refractivity contribution in [2.24, 2.45) is 5.73 Å². The molecule has 3 rings (SSSR count). The number of carbonyl (C=O) groups excluding carboxylic acids is 2. The number of guanidine groups is 1. The van der Waals surface area contributed by atoms with Crippen LogP contribution in [0.4, 0.5) is 4.79 Å². The summed E-state index contributed by atoms with van der Waals surface area (Å²) in [4.78, 5) is 28.4. The lowest BCUT2D eigenvalue weighted by Gasteiger charge is -2.36. The van der Waals surface area contributed by atoms with Gasteiger partial charge in [0.1, 0.15) is 17.0 Å². The fraction of sp³-hybridized carbons (Fsp3) is 0.679. The van der Waals surface area contributed by atoms with E-state index in [4.69, 9.17) is 20.6 Å². The van der Waals surface area contributed by atoms with Crippen LogP contribution in [0.15, 0.2) is 4.90 Å². The number of sulfonamides is 1. The highest BCUT2D eigenvalue weighted by molar-refractivity contribution is 7.90. The molecule has 1 atom stereocenters. The molecule has 12 nitrogen and oxygen atoms in total. The average molecular weight is 595 g/mol. The van der Waals surface area contributed by atoms with Crippen molar-refractivity contribution in [2.75, 3.05) is 32.7 Å². The minimum Gasteiger partial charge on any atom is -0.487 e. The Morgan fingerprint density at radius 3 is 2.24 bits per heavy atom. The number of piperazine rings is 1. The van der Waals surface area contributed by atoms with Gasteiger partial charge in [-0.15, -0.1) is 0 Å². The number of hydrogen-bond donors (Lipinski definition) is 4. The highest BCUT2D eigenvalue weighted by Gasteiger charge is 2.37. The van der Waals surface area contributed by atoms with E-state index in [1.165, 1.54) is 0 Å². The average Bonchev–Trinajstić information content (AvgIpc) is 3.19. The topological polar surface area (TPSA) is 167 Å². The van der Waals surface area contributed by atoms with Crippen molar-refractivity contribution in [3.8, 4) is 5.75 Å². The van der Waals surface area contributed by atoms with Gasteiger partial charge in [-0.1, -0.05) is 0 Å². The number of hydrogen-bond acceptors (Lipinski definition) is 8. The zero-order chi connectivity index (χ0) is 30.9. The second kappa shape index (κ2) is 12.0. The van der Waals surface area contributed by atoms with E-state index in [-0.39, 0.29) is 23.3 Å². The molecule has 5 N–H and O–H groups in total. The van der Waals surface area contributed by atoms with Crippen LogP contribution in [0.2, 0.25) is 0 Å². The van der Waals surface area contributed by atoms with Crippen LogP contribution < -0.4 is 20.5 Å². The summed E-state index contributed by atoms with van der Waals surface area (Å²) in [5.74, 6) is 0.194. The molecule has 0 aromatic heterocycles. The SMILES string of the molecule is Cc1c(C)c(S(=O)(=O)NC(=N)NCCCC(N)C(=O)N2CCN(C(=O)OC(C)(C)C)CC2)c(C)c2c1OC(C)(C)C2. The predicted molar refractivity (Wildman–Crippen MR) is 157 cm³/mol. The molecule has 1 fully saturated rings. The summed E-state index contributed by atoms with van der Waals surface area (Å²) in [5.41, 5.74) is 8.02. The first-order valence-electron chi connectivity index (χ1n) is 14.0. The summed E-state index contributed by atoms with van der Waals surface area (Å²) < 4.78 is 40.4. The maximum Gasteiger partial charge on any atom is 0.410 e.